The summed E-state index contributed by atoms with van der Waals surface area (Å²) in [6.45, 7) is 0.209. The minimum Gasteiger partial charge on any atom is -0.400 e. The van der Waals surface area contributed by atoms with Gasteiger partial charge in [-0.2, -0.15) is 5.10 Å². The fourth-order valence-electron chi connectivity index (χ4n) is 2.26. The molecule has 0 spiro atoms. The number of hydrogen-bond donors (Lipinski definition) is 2. The molecule has 2 rings (SSSR count). The van der Waals surface area contributed by atoms with Crippen LogP contribution in [0.3, 0.4) is 0 Å². The Balaban J connectivity index is 1.69. The van der Waals surface area contributed by atoms with Crippen molar-refractivity contribution >= 4 is 18.0 Å². The minimum atomic E-state index is -0.635. The van der Waals surface area contributed by atoms with Gasteiger partial charge >= 0.3 is 5.88 Å². The van der Waals surface area contributed by atoms with Crippen molar-refractivity contribution in [3.8, 4) is 0 Å². The van der Waals surface area contributed by atoms with Crippen LogP contribution in [0.15, 0.2) is 21.7 Å². The van der Waals surface area contributed by atoms with Crippen LogP contribution in [0.5, 0.6) is 0 Å². The summed E-state index contributed by atoms with van der Waals surface area (Å²) in [5, 5.41) is 17.3. The lowest BCUT2D eigenvalue weighted by atomic mass is 9.95. The molecule has 0 saturated heterocycles. The highest BCUT2D eigenvalue weighted by Crippen LogP contribution is 2.17. The van der Waals surface area contributed by atoms with Crippen LogP contribution in [0.25, 0.3) is 0 Å². The molecule has 1 aromatic heterocycles. The zero-order chi connectivity index (χ0) is 15.1. The SMILES string of the molecule is O=C(CNC1CCCCC1)N/N=C\c1ccc([N+](=O)[O-])o1. The number of nitro groups is 1. The maximum absolute atomic E-state index is 11.6. The third kappa shape index (κ3) is 4.99. The molecule has 1 aliphatic rings. The van der Waals surface area contributed by atoms with Crippen molar-refractivity contribution < 1.29 is 14.1 Å². The molecule has 1 amide bonds. The Bertz CT molecular complexity index is 520. The lowest BCUT2D eigenvalue weighted by Crippen LogP contribution is -2.38. The molecule has 0 bridgehead atoms. The number of rotatable bonds is 6. The van der Waals surface area contributed by atoms with Gasteiger partial charge in [-0.3, -0.25) is 14.9 Å². The topological polar surface area (TPSA) is 110 Å². The Morgan fingerprint density at radius 3 is 2.86 bits per heavy atom. The lowest BCUT2D eigenvalue weighted by molar-refractivity contribution is -0.402. The molecule has 0 aliphatic heterocycles. The Morgan fingerprint density at radius 1 is 1.43 bits per heavy atom. The number of amides is 1. The molecular formula is C13H18N4O4. The summed E-state index contributed by atoms with van der Waals surface area (Å²) in [5.74, 6) is -0.401. The molecule has 1 saturated carbocycles. The van der Waals surface area contributed by atoms with Crippen LogP contribution in [0.4, 0.5) is 5.88 Å². The van der Waals surface area contributed by atoms with Crippen LogP contribution in [0.1, 0.15) is 37.9 Å². The first-order valence-electron chi connectivity index (χ1n) is 6.94. The zero-order valence-corrected chi connectivity index (χ0v) is 11.6. The lowest BCUT2D eigenvalue weighted by Gasteiger charge is -2.22. The van der Waals surface area contributed by atoms with Crippen LogP contribution < -0.4 is 10.7 Å². The first-order valence-corrected chi connectivity index (χ1v) is 6.94. The highest BCUT2D eigenvalue weighted by atomic mass is 16.6. The molecule has 0 atom stereocenters. The van der Waals surface area contributed by atoms with E-state index in [1.54, 1.807) is 0 Å². The minimum absolute atomic E-state index is 0.209. The fraction of sp³-hybridized carbons (Fsp3) is 0.538. The summed E-state index contributed by atoms with van der Waals surface area (Å²) in [6, 6.07) is 3.04. The van der Waals surface area contributed by atoms with Gasteiger partial charge in [0.15, 0.2) is 5.76 Å². The van der Waals surface area contributed by atoms with E-state index in [2.05, 4.69) is 15.8 Å². The molecule has 1 heterocycles. The van der Waals surface area contributed by atoms with Gasteiger partial charge in [0.25, 0.3) is 5.91 Å². The van der Waals surface area contributed by atoms with E-state index in [4.69, 9.17) is 4.42 Å². The summed E-state index contributed by atoms with van der Waals surface area (Å²) in [4.78, 5) is 21.3. The standard InChI is InChI=1S/C13H18N4O4/c18-12(9-14-10-4-2-1-3-5-10)16-15-8-11-6-7-13(21-11)17(19)20/h6-8,10,14H,1-5,9H2,(H,16,18)/b15-8-. The van der Waals surface area contributed by atoms with Crippen LogP contribution >= 0.6 is 0 Å². The van der Waals surface area contributed by atoms with Gasteiger partial charge in [0.1, 0.15) is 4.92 Å². The molecule has 21 heavy (non-hydrogen) atoms. The number of furan rings is 1. The van der Waals surface area contributed by atoms with E-state index in [-0.39, 0.29) is 24.1 Å². The van der Waals surface area contributed by atoms with Crippen molar-refractivity contribution in [1.82, 2.24) is 10.7 Å². The van der Waals surface area contributed by atoms with Crippen LogP contribution in [0, 0.1) is 10.1 Å². The second-order valence-corrected chi connectivity index (χ2v) is 4.94. The van der Waals surface area contributed by atoms with E-state index in [1.807, 2.05) is 0 Å². The summed E-state index contributed by atoms with van der Waals surface area (Å²) < 4.78 is 4.87. The zero-order valence-electron chi connectivity index (χ0n) is 11.6. The molecule has 1 aliphatic carbocycles. The van der Waals surface area contributed by atoms with Gasteiger partial charge in [-0.1, -0.05) is 19.3 Å². The average molecular weight is 294 g/mol. The second kappa shape index (κ2) is 7.53. The maximum Gasteiger partial charge on any atom is 0.433 e. The van der Waals surface area contributed by atoms with Crippen molar-refractivity contribution in [2.45, 2.75) is 38.1 Å². The summed E-state index contributed by atoms with van der Waals surface area (Å²) in [7, 11) is 0. The Labute approximate surface area is 121 Å². The number of carbonyl (C=O) groups is 1. The normalized spacial score (nSPS) is 16.2. The second-order valence-electron chi connectivity index (χ2n) is 4.94. The third-order valence-corrected chi connectivity index (χ3v) is 3.33. The average Bonchev–Trinajstić information content (AvgIpc) is 2.95. The maximum atomic E-state index is 11.6. The number of hydrazone groups is 1. The van der Waals surface area contributed by atoms with E-state index >= 15 is 0 Å². The summed E-state index contributed by atoms with van der Waals surface area (Å²) >= 11 is 0. The van der Waals surface area contributed by atoms with Gasteiger partial charge in [0.2, 0.25) is 0 Å². The predicted molar refractivity (Wildman–Crippen MR) is 76.0 cm³/mol. The van der Waals surface area contributed by atoms with Crippen LogP contribution in [0.2, 0.25) is 0 Å². The Kier molecular flexibility index (Phi) is 5.44. The van der Waals surface area contributed by atoms with E-state index in [0.29, 0.717) is 6.04 Å². The number of hydrogen-bond acceptors (Lipinski definition) is 6. The van der Waals surface area contributed by atoms with Crippen molar-refractivity contribution in [2.24, 2.45) is 5.10 Å². The number of nitrogens with zero attached hydrogens (tertiary/aromatic N) is 2. The number of nitrogens with one attached hydrogen (secondary N) is 2. The smallest absolute Gasteiger partial charge is 0.400 e. The fourth-order valence-corrected chi connectivity index (χ4v) is 2.26. The Hall–Kier alpha value is -2.22. The van der Waals surface area contributed by atoms with Gasteiger partial charge in [-0.05, 0) is 18.9 Å². The van der Waals surface area contributed by atoms with Crippen molar-refractivity contribution in [3.05, 3.63) is 28.0 Å². The molecule has 1 fully saturated rings. The van der Waals surface area contributed by atoms with Gasteiger partial charge in [0.05, 0.1) is 18.8 Å². The molecule has 8 heteroatoms. The largest absolute Gasteiger partial charge is 0.433 e. The third-order valence-electron chi connectivity index (χ3n) is 3.33. The molecule has 0 unspecified atom stereocenters. The summed E-state index contributed by atoms with van der Waals surface area (Å²) in [5.41, 5.74) is 2.35. The molecule has 0 radical (unpaired) electrons. The molecule has 2 N–H and O–H groups in total. The quantitative estimate of drug-likeness (QED) is 0.470. The van der Waals surface area contributed by atoms with Crippen molar-refractivity contribution in [3.63, 3.8) is 0 Å². The van der Waals surface area contributed by atoms with Gasteiger partial charge in [-0.15, -0.1) is 0 Å². The van der Waals surface area contributed by atoms with E-state index in [0.717, 1.165) is 12.8 Å². The van der Waals surface area contributed by atoms with Crippen molar-refractivity contribution in [1.29, 1.82) is 0 Å². The molecule has 1 aromatic rings. The predicted octanol–water partition coefficient (Wildman–Crippen LogP) is 1.56. The molecular weight excluding hydrogens is 276 g/mol. The van der Waals surface area contributed by atoms with Crippen LogP contribution in [-0.4, -0.2) is 29.6 Å². The van der Waals surface area contributed by atoms with E-state index in [9.17, 15) is 14.9 Å². The first-order chi connectivity index (χ1) is 10.1. The first kappa shape index (κ1) is 15.2. The van der Waals surface area contributed by atoms with Gasteiger partial charge in [0, 0.05) is 6.04 Å². The van der Waals surface area contributed by atoms with E-state index in [1.165, 1.54) is 37.6 Å². The van der Waals surface area contributed by atoms with Gasteiger partial charge < -0.3 is 9.73 Å². The van der Waals surface area contributed by atoms with Crippen LogP contribution in [-0.2, 0) is 4.79 Å². The summed E-state index contributed by atoms with van der Waals surface area (Å²) in [6.07, 6.45) is 7.11. The molecule has 114 valence electrons. The molecule has 0 aromatic carbocycles. The highest BCUT2D eigenvalue weighted by Gasteiger charge is 2.13. The Morgan fingerprint density at radius 2 is 2.19 bits per heavy atom. The highest BCUT2D eigenvalue weighted by molar-refractivity contribution is 5.81. The van der Waals surface area contributed by atoms with Gasteiger partial charge in [-0.25, -0.2) is 5.43 Å². The van der Waals surface area contributed by atoms with E-state index < -0.39 is 4.92 Å². The van der Waals surface area contributed by atoms with Crippen molar-refractivity contribution in [2.75, 3.05) is 6.54 Å². The number of carbonyl (C=O) groups excluding carboxylic acids is 1. The molecule has 8 nitrogen and oxygen atoms in total. The monoisotopic (exact) mass is 294 g/mol.